The zero-order valence-corrected chi connectivity index (χ0v) is 8.02. The van der Waals surface area contributed by atoms with Crippen LogP contribution in [0.15, 0.2) is 36.7 Å². The monoisotopic (exact) mass is 203 g/mol. The number of halogens is 1. The Morgan fingerprint density at radius 1 is 1.13 bits per heavy atom. The first kappa shape index (κ1) is 9.58. The number of aromatic nitrogens is 2. The van der Waals surface area contributed by atoms with E-state index < -0.39 is 0 Å². The lowest BCUT2D eigenvalue weighted by Gasteiger charge is -2.01. The maximum Gasteiger partial charge on any atom is 0.132 e. The normalized spacial score (nSPS) is 10.2. The Kier molecular flexibility index (Phi) is 2.58. The first-order chi connectivity index (χ1) is 7.25. The fourth-order valence-electron chi connectivity index (χ4n) is 1.27. The molecule has 0 bridgehead atoms. The summed E-state index contributed by atoms with van der Waals surface area (Å²) in [6.45, 7) is 0. The van der Waals surface area contributed by atoms with Gasteiger partial charge in [-0.15, -0.1) is 0 Å². The van der Waals surface area contributed by atoms with Gasteiger partial charge in [-0.3, -0.25) is 0 Å². The van der Waals surface area contributed by atoms with Crippen LogP contribution in [-0.2, 0) is 6.42 Å². The van der Waals surface area contributed by atoms with Crippen LogP contribution in [0.4, 0.5) is 10.1 Å². The SMILES string of the molecule is Nc1cnc(Cc2ccccc2F)nc1. The summed E-state index contributed by atoms with van der Waals surface area (Å²) in [4.78, 5) is 8.02. The third-order valence-electron chi connectivity index (χ3n) is 2.03. The summed E-state index contributed by atoms with van der Waals surface area (Å²) in [6.07, 6.45) is 3.42. The lowest BCUT2D eigenvalue weighted by atomic mass is 10.1. The lowest BCUT2D eigenvalue weighted by molar-refractivity contribution is 0.612. The summed E-state index contributed by atoms with van der Waals surface area (Å²) < 4.78 is 13.3. The van der Waals surface area contributed by atoms with Crippen LogP contribution in [0.3, 0.4) is 0 Å². The Labute approximate surface area is 86.8 Å². The van der Waals surface area contributed by atoms with Gasteiger partial charge in [0.25, 0.3) is 0 Å². The summed E-state index contributed by atoms with van der Waals surface area (Å²) in [7, 11) is 0. The summed E-state index contributed by atoms with van der Waals surface area (Å²) in [5, 5.41) is 0. The summed E-state index contributed by atoms with van der Waals surface area (Å²) in [5.74, 6) is 0.326. The average Bonchev–Trinajstić information content (AvgIpc) is 2.25. The van der Waals surface area contributed by atoms with Crippen LogP contribution in [0.25, 0.3) is 0 Å². The molecule has 76 valence electrons. The molecule has 2 N–H and O–H groups in total. The number of rotatable bonds is 2. The van der Waals surface area contributed by atoms with E-state index in [1.165, 1.54) is 18.5 Å². The van der Waals surface area contributed by atoms with Gasteiger partial charge in [0.2, 0.25) is 0 Å². The fourth-order valence-corrected chi connectivity index (χ4v) is 1.27. The molecule has 15 heavy (non-hydrogen) atoms. The number of hydrogen-bond acceptors (Lipinski definition) is 3. The molecule has 3 nitrogen and oxygen atoms in total. The molecule has 1 aromatic heterocycles. The van der Waals surface area contributed by atoms with Crippen molar-refractivity contribution in [1.82, 2.24) is 9.97 Å². The predicted octanol–water partition coefficient (Wildman–Crippen LogP) is 1.79. The van der Waals surface area contributed by atoms with Crippen LogP contribution in [0.5, 0.6) is 0 Å². The molecule has 0 radical (unpaired) electrons. The zero-order valence-electron chi connectivity index (χ0n) is 8.02. The van der Waals surface area contributed by atoms with Gasteiger partial charge in [-0.05, 0) is 11.6 Å². The van der Waals surface area contributed by atoms with E-state index in [1.807, 2.05) is 0 Å². The van der Waals surface area contributed by atoms with Crippen LogP contribution in [0.1, 0.15) is 11.4 Å². The van der Waals surface area contributed by atoms with Crippen molar-refractivity contribution in [2.45, 2.75) is 6.42 Å². The van der Waals surface area contributed by atoms with Crippen molar-refractivity contribution in [3.8, 4) is 0 Å². The zero-order chi connectivity index (χ0) is 10.7. The standard InChI is InChI=1S/C11H10FN3/c12-10-4-2-1-3-8(10)5-11-14-6-9(13)7-15-11/h1-4,6-7H,5,13H2. The Morgan fingerprint density at radius 3 is 2.47 bits per heavy atom. The third kappa shape index (κ3) is 2.28. The molecule has 0 atom stereocenters. The summed E-state index contributed by atoms with van der Waals surface area (Å²) in [6, 6.07) is 6.58. The van der Waals surface area contributed by atoms with Gasteiger partial charge in [0.05, 0.1) is 18.1 Å². The van der Waals surface area contributed by atoms with E-state index in [4.69, 9.17) is 5.73 Å². The van der Waals surface area contributed by atoms with Crippen LogP contribution in [0, 0.1) is 5.82 Å². The molecule has 4 heteroatoms. The maximum atomic E-state index is 13.3. The maximum absolute atomic E-state index is 13.3. The summed E-state index contributed by atoms with van der Waals surface area (Å²) in [5.41, 5.74) is 6.54. The molecule has 1 heterocycles. The highest BCUT2D eigenvalue weighted by atomic mass is 19.1. The minimum absolute atomic E-state index is 0.238. The van der Waals surface area contributed by atoms with Crippen LogP contribution in [0.2, 0.25) is 0 Å². The Balaban J connectivity index is 2.22. The highest BCUT2D eigenvalue weighted by Crippen LogP contribution is 2.10. The van der Waals surface area contributed by atoms with Crippen molar-refractivity contribution in [2.24, 2.45) is 0 Å². The van der Waals surface area contributed by atoms with E-state index in [9.17, 15) is 4.39 Å². The number of nitrogens with zero attached hydrogens (tertiary/aromatic N) is 2. The average molecular weight is 203 g/mol. The molecule has 0 fully saturated rings. The molecule has 1 aromatic carbocycles. The van der Waals surface area contributed by atoms with Gasteiger partial charge in [0.1, 0.15) is 11.6 Å². The molecule has 2 rings (SSSR count). The van der Waals surface area contributed by atoms with E-state index >= 15 is 0 Å². The van der Waals surface area contributed by atoms with Crippen molar-refractivity contribution in [3.63, 3.8) is 0 Å². The van der Waals surface area contributed by atoms with E-state index in [0.29, 0.717) is 23.5 Å². The van der Waals surface area contributed by atoms with Crippen molar-refractivity contribution in [1.29, 1.82) is 0 Å². The first-order valence-corrected chi connectivity index (χ1v) is 4.55. The molecule has 0 amide bonds. The Hall–Kier alpha value is -1.97. The Bertz CT molecular complexity index is 454. The second-order valence-electron chi connectivity index (χ2n) is 3.20. The number of anilines is 1. The smallest absolute Gasteiger partial charge is 0.132 e. The molecule has 0 spiro atoms. The number of nitrogens with two attached hydrogens (primary N) is 1. The van der Waals surface area contributed by atoms with Gasteiger partial charge in [0.15, 0.2) is 0 Å². The fraction of sp³-hybridized carbons (Fsp3) is 0.0909. The molecule has 0 unspecified atom stereocenters. The van der Waals surface area contributed by atoms with E-state index in [1.54, 1.807) is 18.2 Å². The van der Waals surface area contributed by atoms with Crippen LogP contribution < -0.4 is 5.73 Å². The number of benzene rings is 1. The Morgan fingerprint density at radius 2 is 1.80 bits per heavy atom. The van der Waals surface area contributed by atoms with Gasteiger partial charge in [0, 0.05) is 6.42 Å². The van der Waals surface area contributed by atoms with Crippen molar-refractivity contribution in [2.75, 3.05) is 5.73 Å². The van der Waals surface area contributed by atoms with Gasteiger partial charge in [-0.2, -0.15) is 0 Å². The quantitative estimate of drug-likeness (QED) is 0.809. The molecule has 0 aliphatic heterocycles. The second kappa shape index (κ2) is 4.04. The number of hydrogen-bond donors (Lipinski definition) is 1. The van der Waals surface area contributed by atoms with E-state index in [2.05, 4.69) is 9.97 Å². The molecule has 0 aliphatic carbocycles. The second-order valence-corrected chi connectivity index (χ2v) is 3.20. The molecule has 0 saturated heterocycles. The number of nitrogen functional groups attached to an aromatic ring is 1. The third-order valence-corrected chi connectivity index (χ3v) is 2.03. The first-order valence-electron chi connectivity index (χ1n) is 4.55. The van der Waals surface area contributed by atoms with E-state index in [-0.39, 0.29) is 5.82 Å². The molecular weight excluding hydrogens is 193 g/mol. The molecule has 0 aliphatic rings. The van der Waals surface area contributed by atoms with Crippen LogP contribution in [-0.4, -0.2) is 9.97 Å². The topological polar surface area (TPSA) is 51.8 Å². The minimum Gasteiger partial charge on any atom is -0.396 e. The molecule has 0 saturated carbocycles. The van der Waals surface area contributed by atoms with Crippen molar-refractivity contribution in [3.05, 3.63) is 53.9 Å². The highest BCUT2D eigenvalue weighted by Gasteiger charge is 2.03. The van der Waals surface area contributed by atoms with Gasteiger partial charge in [-0.25, -0.2) is 14.4 Å². The molecular formula is C11H10FN3. The predicted molar refractivity (Wildman–Crippen MR) is 55.7 cm³/mol. The minimum atomic E-state index is -0.238. The summed E-state index contributed by atoms with van der Waals surface area (Å²) >= 11 is 0. The van der Waals surface area contributed by atoms with Crippen molar-refractivity contribution >= 4 is 5.69 Å². The molecule has 2 aromatic rings. The van der Waals surface area contributed by atoms with Crippen LogP contribution >= 0.6 is 0 Å². The van der Waals surface area contributed by atoms with Crippen molar-refractivity contribution < 1.29 is 4.39 Å². The van der Waals surface area contributed by atoms with Gasteiger partial charge < -0.3 is 5.73 Å². The van der Waals surface area contributed by atoms with Gasteiger partial charge >= 0.3 is 0 Å². The van der Waals surface area contributed by atoms with Gasteiger partial charge in [-0.1, -0.05) is 18.2 Å². The largest absolute Gasteiger partial charge is 0.396 e. The highest BCUT2D eigenvalue weighted by molar-refractivity contribution is 5.31. The lowest BCUT2D eigenvalue weighted by Crippen LogP contribution is -1.99. The van der Waals surface area contributed by atoms with E-state index in [0.717, 1.165) is 0 Å².